The number of benzene rings is 2. The van der Waals surface area contributed by atoms with Crippen molar-refractivity contribution in [3.8, 4) is 11.8 Å². The van der Waals surface area contributed by atoms with Gasteiger partial charge in [-0.1, -0.05) is 35.0 Å². The number of amides is 1. The molecule has 0 fully saturated rings. The van der Waals surface area contributed by atoms with Gasteiger partial charge in [0.05, 0.1) is 4.47 Å². The van der Waals surface area contributed by atoms with Gasteiger partial charge in [0.2, 0.25) is 0 Å². The van der Waals surface area contributed by atoms with Crippen LogP contribution in [-0.2, 0) is 11.2 Å². The van der Waals surface area contributed by atoms with E-state index < -0.39 is 5.91 Å². The van der Waals surface area contributed by atoms with Gasteiger partial charge in [-0.2, -0.15) is 5.26 Å². The highest BCUT2D eigenvalue weighted by molar-refractivity contribution is 9.11. The van der Waals surface area contributed by atoms with E-state index in [1.165, 1.54) is 6.08 Å². The molecule has 0 saturated heterocycles. The van der Waals surface area contributed by atoms with Crippen molar-refractivity contribution in [3.05, 3.63) is 62.0 Å². The minimum absolute atomic E-state index is 0.0361. The number of carbonyl (C=O) groups is 1. The molecule has 0 unspecified atom stereocenters. The van der Waals surface area contributed by atoms with Crippen molar-refractivity contribution in [3.63, 3.8) is 0 Å². The third-order valence-corrected chi connectivity index (χ3v) is 4.40. The fourth-order valence-corrected chi connectivity index (χ4v) is 3.28. The molecule has 0 aliphatic heterocycles. The van der Waals surface area contributed by atoms with Gasteiger partial charge in [-0.15, -0.1) is 0 Å². The molecule has 0 aliphatic rings. The second-order valence-corrected chi connectivity index (χ2v) is 6.77. The zero-order chi connectivity index (χ0) is 17.7. The van der Waals surface area contributed by atoms with E-state index in [1.54, 1.807) is 24.3 Å². The SMILES string of the molecule is CCc1ccc(NC(=O)/C(C#N)=C/c2cc(Br)cc(Br)c2O)cc1. The van der Waals surface area contributed by atoms with E-state index in [4.69, 9.17) is 0 Å². The Morgan fingerprint density at radius 1 is 1.29 bits per heavy atom. The molecule has 24 heavy (non-hydrogen) atoms. The number of aromatic hydroxyl groups is 1. The highest BCUT2D eigenvalue weighted by Gasteiger charge is 2.12. The Morgan fingerprint density at radius 3 is 2.54 bits per heavy atom. The maximum Gasteiger partial charge on any atom is 0.266 e. The molecular weight excluding hydrogens is 436 g/mol. The third-order valence-electron chi connectivity index (χ3n) is 3.34. The van der Waals surface area contributed by atoms with E-state index in [-0.39, 0.29) is 11.3 Å². The minimum Gasteiger partial charge on any atom is -0.506 e. The number of nitrogens with one attached hydrogen (secondary N) is 1. The van der Waals surface area contributed by atoms with E-state index >= 15 is 0 Å². The van der Waals surface area contributed by atoms with Crippen molar-refractivity contribution in [2.75, 3.05) is 5.32 Å². The van der Waals surface area contributed by atoms with Crippen LogP contribution < -0.4 is 5.32 Å². The Labute approximate surface area is 157 Å². The van der Waals surface area contributed by atoms with E-state index in [2.05, 4.69) is 37.2 Å². The topological polar surface area (TPSA) is 73.1 Å². The van der Waals surface area contributed by atoms with Crippen LogP contribution in [0, 0.1) is 11.3 Å². The van der Waals surface area contributed by atoms with Crippen molar-refractivity contribution in [1.82, 2.24) is 0 Å². The standard InChI is InChI=1S/C18H14Br2N2O2/c1-2-11-3-5-15(6-4-11)22-18(24)13(10-21)7-12-8-14(19)9-16(20)17(12)23/h3-9,23H,2H2,1H3,(H,22,24)/b13-7+. The molecule has 0 heterocycles. The average Bonchev–Trinajstić information content (AvgIpc) is 2.57. The summed E-state index contributed by atoms with van der Waals surface area (Å²) in [5, 5.41) is 22.0. The Morgan fingerprint density at radius 2 is 1.96 bits per heavy atom. The molecule has 2 N–H and O–H groups in total. The summed E-state index contributed by atoms with van der Waals surface area (Å²) in [6.07, 6.45) is 2.26. The smallest absolute Gasteiger partial charge is 0.266 e. The molecule has 4 nitrogen and oxygen atoms in total. The number of nitriles is 1. The number of phenols is 1. The summed E-state index contributed by atoms with van der Waals surface area (Å²) < 4.78 is 1.18. The average molecular weight is 450 g/mol. The predicted molar refractivity (Wildman–Crippen MR) is 102 cm³/mol. The minimum atomic E-state index is -0.530. The van der Waals surface area contributed by atoms with Crippen LogP contribution in [0.2, 0.25) is 0 Å². The molecule has 0 atom stereocenters. The highest BCUT2D eigenvalue weighted by atomic mass is 79.9. The molecular formula is C18H14Br2N2O2. The molecule has 0 aromatic heterocycles. The predicted octanol–water partition coefficient (Wildman–Crippen LogP) is 5.03. The molecule has 1 amide bonds. The zero-order valence-corrected chi connectivity index (χ0v) is 16.0. The molecule has 0 aliphatic carbocycles. The zero-order valence-electron chi connectivity index (χ0n) is 12.8. The van der Waals surface area contributed by atoms with Gasteiger partial charge in [0.15, 0.2) is 0 Å². The summed E-state index contributed by atoms with van der Waals surface area (Å²) in [7, 11) is 0. The molecule has 0 bridgehead atoms. The lowest BCUT2D eigenvalue weighted by Gasteiger charge is -2.07. The van der Waals surface area contributed by atoms with Crippen LogP contribution in [0.4, 0.5) is 5.69 Å². The molecule has 2 aromatic rings. The fraction of sp³-hybridized carbons (Fsp3) is 0.111. The van der Waals surface area contributed by atoms with Crippen LogP contribution in [0.15, 0.2) is 50.9 Å². The van der Waals surface area contributed by atoms with Crippen LogP contribution in [0.5, 0.6) is 5.75 Å². The lowest BCUT2D eigenvalue weighted by atomic mass is 10.1. The second kappa shape index (κ2) is 8.13. The van der Waals surface area contributed by atoms with Gasteiger partial charge in [0.1, 0.15) is 17.4 Å². The molecule has 2 rings (SSSR count). The summed E-state index contributed by atoms with van der Waals surface area (Å²) in [6, 6.07) is 12.6. The lowest BCUT2D eigenvalue weighted by molar-refractivity contribution is -0.112. The number of hydrogen-bond donors (Lipinski definition) is 2. The first-order chi connectivity index (χ1) is 11.4. The summed E-state index contributed by atoms with van der Waals surface area (Å²) >= 11 is 6.53. The number of phenolic OH excluding ortho intramolecular Hbond substituents is 1. The van der Waals surface area contributed by atoms with Gasteiger partial charge in [-0.25, -0.2) is 0 Å². The maximum atomic E-state index is 12.3. The summed E-state index contributed by atoms with van der Waals surface area (Å²) in [5.74, 6) is -0.566. The van der Waals surface area contributed by atoms with Crippen LogP contribution in [0.1, 0.15) is 18.1 Å². The first-order valence-electron chi connectivity index (χ1n) is 7.14. The highest BCUT2D eigenvalue weighted by Crippen LogP contribution is 2.33. The Balaban J connectivity index is 2.27. The summed E-state index contributed by atoms with van der Waals surface area (Å²) in [5.41, 5.74) is 2.03. The Hall–Kier alpha value is -2.10. The normalized spacial score (nSPS) is 11.0. The molecule has 0 radical (unpaired) electrons. The number of anilines is 1. The monoisotopic (exact) mass is 448 g/mol. The van der Waals surface area contributed by atoms with Gasteiger partial charge < -0.3 is 10.4 Å². The van der Waals surface area contributed by atoms with Crippen LogP contribution in [-0.4, -0.2) is 11.0 Å². The quantitative estimate of drug-likeness (QED) is 0.508. The van der Waals surface area contributed by atoms with Crippen molar-refractivity contribution in [1.29, 1.82) is 5.26 Å². The van der Waals surface area contributed by atoms with Crippen molar-refractivity contribution >= 4 is 49.5 Å². The van der Waals surface area contributed by atoms with Gasteiger partial charge in [-0.05, 0) is 58.3 Å². The number of nitrogens with zero attached hydrogens (tertiary/aromatic N) is 1. The van der Waals surface area contributed by atoms with E-state index in [1.807, 2.05) is 25.1 Å². The maximum absolute atomic E-state index is 12.3. The van der Waals surface area contributed by atoms with Gasteiger partial charge in [0.25, 0.3) is 5.91 Å². The number of hydrogen-bond acceptors (Lipinski definition) is 3. The third kappa shape index (κ3) is 4.47. The lowest BCUT2D eigenvalue weighted by Crippen LogP contribution is -2.13. The van der Waals surface area contributed by atoms with E-state index in [0.717, 1.165) is 12.0 Å². The molecule has 122 valence electrons. The molecule has 2 aromatic carbocycles. The Bertz CT molecular complexity index is 837. The number of rotatable bonds is 4. The number of carbonyl (C=O) groups excluding carboxylic acids is 1. The van der Waals surface area contributed by atoms with Gasteiger partial charge >= 0.3 is 0 Å². The molecule has 0 spiro atoms. The first-order valence-corrected chi connectivity index (χ1v) is 8.73. The van der Waals surface area contributed by atoms with Crippen LogP contribution in [0.25, 0.3) is 6.08 Å². The fourth-order valence-electron chi connectivity index (χ4n) is 2.02. The van der Waals surface area contributed by atoms with Gasteiger partial charge in [-0.3, -0.25) is 4.79 Å². The summed E-state index contributed by atoms with van der Waals surface area (Å²) in [6.45, 7) is 2.05. The van der Waals surface area contributed by atoms with Crippen molar-refractivity contribution < 1.29 is 9.90 Å². The first kappa shape index (κ1) is 18.2. The van der Waals surface area contributed by atoms with E-state index in [9.17, 15) is 15.2 Å². The van der Waals surface area contributed by atoms with Crippen LogP contribution in [0.3, 0.4) is 0 Å². The molecule has 6 heteroatoms. The number of halogens is 2. The van der Waals surface area contributed by atoms with Gasteiger partial charge in [0, 0.05) is 15.7 Å². The largest absolute Gasteiger partial charge is 0.506 e. The van der Waals surface area contributed by atoms with Crippen molar-refractivity contribution in [2.24, 2.45) is 0 Å². The second-order valence-electron chi connectivity index (χ2n) is 5.00. The number of aryl methyl sites for hydroxylation is 1. The Kier molecular flexibility index (Phi) is 6.18. The van der Waals surface area contributed by atoms with Crippen LogP contribution >= 0.6 is 31.9 Å². The summed E-state index contributed by atoms with van der Waals surface area (Å²) in [4.78, 5) is 12.3. The van der Waals surface area contributed by atoms with E-state index in [0.29, 0.717) is 20.2 Å². The van der Waals surface area contributed by atoms with Crippen molar-refractivity contribution in [2.45, 2.75) is 13.3 Å². The molecule has 0 saturated carbocycles.